The van der Waals surface area contributed by atoms with Gasteiger partial charge in [0.2, 0.25) is 10.0 Å². The summed E-state index contributed by atoms with van der Waals surface area (Å²) < 4.78 is 27.3. The van der Waals surface area contributed by atoms with E-state index < -0.39 is 10.0 Å². The first-order valence-electron chi connectivity index (χ1n) is 6.55. The molecule has 112 valence electrons. The van der Waals surface area contributed by atoms with Crippen LogP contribution >= 0.6 is 23.2 Å². The van der Waals surface area contributed by atoms with E-state index in [4.69, 9.17) is 23.2 Å². The van der Waals surface area contributed by atoms with E-state index in [0.29, 0.717) is 15.6 Å². The van der Waals surface area contributed by atoms with Crippen molar-refractivity contribution < 1.29 is 8.42 Å². The van der Waals surface area contributed by atoms with Crippen LogP contribution in [0.1, 0.15) is 25.3 Å². The average molecular weight is 337 g/mol. The van der Waals surface area contributed by atoms with Crippen molar-refractivity contribution in [2.24, 2.45) is 0 Å². The zero-order valence-corrected chi connectivity index (χ0v) is 13.5. The lowest BCUT2D eigenvalue weighted by atomic mass is 10.0. The Bertz CT molecular complexity index is 557. The summed E-state index contributed by atoms with van der Waals surface area (Å²) in [7, 11) is -3.47. The van der Waals surface area contributed by atoms with E-state index in [-0.39, 0.29) is 17.8 Å². The maximum atomic E-state index is 12.3. The fourth-order valence-electron chi connectivity index (χ4n) is 2.34. The largest absolute Gasteiger partial charge is 0.313 e. The molecule has 0 saturated carbocycles. The first kappa shape index (κ1) is 16.0. The van der Waals surface area contributed by atoms with Gasteiger partial charge < -0.3 is 5.32 Å². The van der Waals surface area contributed by atoms with Crippen LogP contribution in [0.2, 0.25) is 10.0 Å². The molecule has 0 bridgehead atoms. The number of hydrogen-bond acceptors (Lipinski definition) is 3. The second-order valence-corrected chi connectivity index (χ2v) is 7.64. The number of rotatable bonds is 4. The van der Waals surface area contributed by atoms with Crippen LogP contribution in [-0.2, 0) is 15.8 Å². The number of sulfonamides is 1. The summed E-state index contributed by atoms with van der Waals surface area (Å²) in [5.74, 6) is -0.200. The lowest BCUT2D eigenvalue weighted by Gasteiger charge is -2.30. The molecule has 2 N–H and O–H groups in total. The zero-order valence-electron chi connectivity index (χ0n) is 11.2. The van der Waals surface area contributed by atoms with Gasteiger partial charge in [-0.1, -0.05) is 29.3 Å². The van der Waals surface area contributed by atoms with E-state index >= 15 is 0 Å². The van der Waals surface area contributed by atoms with Gasteiger partial charge in [-0.3, -0.25) is 0 Å². The van der Waals surface area contributed by atoms with Crippen LogP contribution in [0.15, 0.2) is 18.2 Å². The molecule has 2 rings (SSSR count). The Balaban J connectivity index is 2.11. The van der Waals surface area contributed by atoms with Gasteiger partial charge in [0.05, 0.1) is 5.75 Å². The molecule has 7 heteroatoms. The summed E-state index contributed by atoms with van der Waals surface area (Å²) in [6.07, 6.45) is 1.80. The number of hydrogen-bond donors (Lipinski definition) is 2. The van der Waals surface area contributed by atoms with Gasteiger partial charge in [0.25, 0.3) is 0 Å². The fraction of sp³-hybridized carbons (Fsp3) is 0.538. The topological polar surface area (TPSA) is 58.2 Å². The third-order valence-corrected chi connectivity index (χ3v) is 5.53. The minimum Gasteiger partial charge on any atom is -0.313 e. The van der Waals surface area contributed by atoms with E-state index in [2.05, 4.69) is 10.0 Å². The summed E-state index contributed by atoms with van der Waals surface area (Å²) in [5.41, 5.74) is 0.444. The van der Waals surface area contributed by atoms with Crippen LogP contribution in [0.4, 0.5) is 0 Å². The number of piperidine rings is 1. The Morgan fingerprint density at radius 2 is 2.00 bits per heavy atom. The van der Waals surface area contributed by atoms with Gasteiger partial charge in [-0.05, 0) is 38.4 Å². The molecule has 0 amide bonds. The van der Waals surface area contributed by atoms with Gasteiger partial charge in [-0.25, -0.2) is 13.1 Å². The van der Waals surface area contributed by atoms with Crippen LogP contribution in [0.25, 0.3) is 0 Å². The average Bonchev–Trinajstić information content (AvgIpc) is 2.37. The summed E-state index contributed by atoms with van der Waals surface area (Å²) in [6, 6.07) is 5.02. The van der Waals surface area contributed by atoms with Crippen LogP contribution in [0, 0.1) is 0 Å². The lowest BCUT2D eigenvalue weighted by Crippen LogP contribution is -2.52. The molecule has 0 radical (unpaired) electrons. The standard InChI is InChI=1S/C13H18Cl2N2O2S/c1-9-13(6-3-7-16-9)17-20(18,19)8-10-11(14)4-2-5-12(10)15/h2,4-5,9,13,16-17H,3,6-8H2,1H3. The molecule has 1 saturated heterocycles. The van der Waals surface area contributed by atoms with Crippen molar-refractivity contribution in [2.45, 2.75) is 37.6 Å². The van der Waals surface area contributed by atoms with E-state index in [1.807, 2.05) is 6.92 Å². The third kappa shape index (κ3) is 4.09. The van der Waals surface area contributed by atoms with Gasteiger partial charge in [0.1, 0.15) is 0 Å². The van der Waals surface area contributed by atoms with Crippen molar-refractivity contribution in [3.8, 4) is 0 Å². The first-order valence-corrected chi connectivity index (χ1v) is 8.96. The molecule has 0 spiro atoms. The van der Waals surface area contributed by atoms with Gasteiger partial charge in [0.15, 0.2) is 0 Å². The fourth-order valence-corrected chi connectivity index (χ4v) is 4.58. The summed E-state index contributed by atoms with van der Waals surface area (Å²) in [6.45, 7) is 2.91. The molecule has 2 atom stereocenters. The monoisotopic (exact) mass is 336 g/mol. The summed E-state index contributed by atoms with van der Waals surface area (Å²) in [4.78, 5) is 0. The predicted molar refractivity (Wildman–Crippen MR) is 82.7 cm³/mol. The third-order valence-electron chi connectivity index (χ3n) is 3.49. The van der Waals surface area contributed by atoms with Crippen LogP contribution in [-0.4, -0.2) is 27.0 Å². The van der Waals surface area contributed by atoms with Crippen molar-refractivity contribution in [3.63, 3.8) is 0 Å². The van der Waals surface area contributed by atoms with Crippen LogP contribution in [0.5, 0.6) is 0 Å². The van der Waals surface area contributed by atoms with E-state index in [0.717, 1.165) is 19.4 Å². The maximum Gasteiger partial charge on any atom is 0.216 e. The van der Waals surface area contributed by atoms with Gasteiger partial charge >= 0.3 is 0 Å². The quantitative estimate of drug-likeness (QED) is 0.888. The molecule has 1 aromatic carbocycles. The molecule has 1 aliphatic heterocycles. The Hall–Kier alpha value is -0.330. The SMILES string of the molecule is CC1NCCCC1NS(=O)(=O)Cc1c(Cl)cccc1Cl. The predicted octanol–water partition coefficient (Wildman–Crippen LogP) is 2.55. The highest BCUT2D eigenvalue weighted by molar-refractivity contribution is 7.88. The molecule has 1 aromatic rings. The molecule has 0 aliphatic carbocycles. The molecular formula is C13H18Cl2N2O2S. The number of halogens is 2. The molecule has 1 aliphatic rings. The molecule has 2 unspecified atom stereocenters. The van der Waals surface area contributed by atoms with Gasteiger partial charge in [0, 0.05) is 27.7 Å². The molecule has 1 fully saturated rings. The van der Waals surface area contributed by atoms with Crippen molar-refractivity contribution >= 4 is 33.2 Å². The van der Waals surface area contributed by atoms with Crippen LogP contribution in [0.3, 0.4) is 0 Å². The van der Waals surface area contributed by atoms with Crippen molar-refractivity contribution in [1.82, 2.24) is 10.0 Å². The van der Waals surface area contributed by atoms with Crippen molar-refractivity contribution in [2.75, 3.05) is 6.54 Å². The Kier molecular flexibility index (Phi) is 5.31. The Labute approximate surface area is 129 Å². The minimum atomic E-state index is -3.47. The number of nitrogens with one attached hydrogen (secondary N) is 2. The number of benzene rings is 1. The highest BCUT2D eigenvalue weighted by Crippen LogP contribution is 2.26. The Morgan fingerprint density at radius 3 is 2.60 bits per heavy atom. The van der Waals surface area contributed by atoms with Crippen LogP contribution < -0.4 is 10.0 Å². The van der Waals surface area contributed by atoms with E-state index in [9.17, 15) is 8.42 Å². The lowest BCUT2D eigenvalue weighted by molar-refractivity contribution is 0.348. The van der Waals surface area contributed by atoms with Gasteiger partial charge in [-0.15, -0.1) is 0 Å². The van der Waals surface area contributed by atoms with Crippen molar-refractivity contribution in [1.29, 1.82) is 0 Å². The second kappa shape index (κ2) is 6.62. The Morgan fingerprint density at radius 1 is 1.35 bits per heavy atom. The zero-order chi connectivity index (χ0) is 14.8. The minimum absolute atomic E-state index is 0.0880. The second-order valence-electron chi connectivity index (χ2n) is 5.07. The summed E-state index contributed by atoms with van der Waals surface area (Å²) in [5, 5.41) is 4.01. The van der Waals surface area contributed by atoms with Crippen molar-refractivity contribution in [3.05, 3.63) is 33.8 Å². The normalized spacial score (nSPS) is 23.8. The first-order chi connectivity index (χ1) is 9.39. The van der Waals surface area contributed by atoms with E-state index in [1.165, 1.54) is 0 Å². The molecule has 1 heterocycles. The maximum absolute atomic E-state index is 12.3. The highest BCUT2D eigenvalue weighted by atomic mass is 35.5. The molecular weight excluding hydrogens is 319 g/mol. The van der Waals surface area contributed by atoms with Gasteiger partial charge in [-0.2, -0.15) is 0 Å². The molecule has 0 aromatic heterocycles. The highest BCUT2D eigenvalue weighted by Gasteiger charge is 2.26. The summed E-state index contributed by atoms with van der Waals surface area (Å²) >= 11 is 12.0. The molecule has 4 nitrogen and oxygen atoms in total. The smallest absolute Gasteiger partial charge is 0.216 e. The molecule has 20 heavy (non-hydrogen) atoms. The van der Waals surface area contributed by atoms with E-state index in [1.54, 1.807) is 18.2 Å².